The van der Waals surface area contributed by atoms with Crippen molar-refractivity contribution in [3.63, 3.8) is 0 Å². The second kappa shape index (κ2) is 10.1. The van der Waals surface area contributed by atoms with E-state index in [-0.39, 0.29) is 12.5 Å². The molecule has 0 spiro atoms. The summed E-state index contributed by atoms with van der Waals surface area (Å²) >= 11 is 0. The summed E-state index contributed by atoms with van der Waals surface area (Å²) in [7, 11) is 0. The lowest BCUT2D eigenvalue weighted by Gasteiger charge is -2.21. The van der Waals surface area contributed by atoms with E-state index < -0.39 is 0 Å². The van der Waals surface area contributed by atoms with Gasteiger partial charge in [0.25, 0.3) is 0 Å². The van der Waals surface area contributed by atoms with Crippen LogP contribution in [0.3, 0.4) is 0 Å². The number of hydrazine groups is 1. The first-order chi connectivity index (χ1) is 9.26. The Balaban J connectivity index is 2.05. The maximum absolute atomic E-state index is 10.9. The highest BCUT2D eigenvalue weighted by atomic mass is 16.3. The number of rotatable bonds is 8. The Labute approximate surface area is 115 Å². The van der Waals surface area contributed by atoms with Gasteiger partial charge in [-0.2, -0.15) is 0 Å². The van der Waals surface area contributed by atoms with Gasteiger partial charge in [-0.15, -0.1) is 0 Å². The smallest absolute Gasteiger partial charge is 0.233 e. The molecule has 19 heavy (non-hydrogen) atoms. The minimum absolute atomic E-state index is 0.0746. The third-order valence-electron chi connectivity index (χ3n) is 3.64. The number of carbonyl (C=O) groups is 1. The summed E-state index contributed by atoms with van der Waals surface area (Å²) in [5, 5.41) is 8.95. The summed E-state index contributed by atoms with van der Waals surface area (Å²) in [6.07, 6.45) is 4.83. The van der Waals surface area contributed by atoms with Crippen molar-refractivity contribution in [1.29, 1.82) is 0 Å². The van der Waals surface area contributed by atoms with Crippen molar-refractivity contribution in [2.75, 3.05) is 45.9 Å². The van der Waals surface area contributed by atoms with Crippen molar-refractivity contribution in [2.24, 2.45) is 5.84 Å². The van der Waals surface area contributed by atoms with Gasteiger partial charge < -0.3 is 10.0 Å². The molecule has 0 atom stereocenters. The SMILES string of the molecule is NNC(=O)CCCCCN1CCCN(CCO)CC1. The van der Waals surface area contributed by atoms with Crippen molar-refractivity contribution >= 4 is 5.91 Å². The molecule has 112 valence electrons. The summed E-state index contributed by atoms with van der Waals surface area (Å²) in [5.74, 6) is 4.95. The van der Waals surface area contributed by atoms with Gasteiger partial charge >= 0.3 is 0 Å². The molecule has 0 radical (unpaired) electrons. The van der Waals surface area contributed by atoms with Crippen LogP contribution in [0.25, 0.3) is 0 Å². The van der Waals surface area contributed by atoms with Crippen LogP contribution in [0.15, 0.2) is 0 Å². The van der Waals surface area contributed by atoms with Crippen LogP contribution >= 0.6 is 0 Å². The second-order valence-electron chi connectivity index (χ2n) is 5.14. The third kappa shape index (κ3) is 7.47. The van der Waals surface area contributed by atoms with Crippen molar-refractivity contribution in [3.8, 4) is 0 Å². The number of nitrogens with zero attached hydrogens (tertiary/aromatic N) is 2. The van der Waals surface area contributed by atoms with Crippen LogP contribution in [0.5, 0.6) is 0 Å². The number of nitrogens with two attached hydrogens (primary N) is 1. The topological polar surface area (TPSA) is 81.8 Å². The molecule has 4 N–H and O–H groups in total. The fraction of sp³-hybridized carbons (Fsp3) is 0.923. The summed E-state index contributed by atoms with van der Waals surface area (Å²) in [6.45, 7) is 6.53. The minimum Gasteiger partial charge on any atom is -0.395 e. The van der Waals surface area contributed by atoms with Gasteiger partial charge in [-0.05, 0) is 38.9 Å². The fourth-order valence-corrected chi connectivity index (χ4v) is 2.48. The Morgan fingerprint density at radius 1 is 1.05 bits per heavy atom. The highest BCUT2D eigenvalue weighted by molar-refractivity contribution is 5.74. The lowest BCUT2D eigenvalue weighted by atomic mass is 10.2. The van der Waals surface area contributed by atoms with Crippen LogP contribution in [0.1, 0.15) is 32.1 Å². The lowest BCUT2D eigenvalue weighted by Crippen LogP contribution is -2.33. The zero-order valence-electron chi connectivity index (χ0n) is 11.8. The molecule has 1 amide bonds. The molecule has 1 rings (SSSR count). The average Bonchev–Trinajstić information content (AvgIpc) is 2.64. The van der Waals surface area contributed by atoms with Gasteiger partial charge in [0.05, 0.1) is 6.61 Å². The Hall–Kier alpha value is -0.690. The lowest BCUT2D eigenvalue weighted by molar-refractivity contribution is -0.121. The van der Waals surface area contributed by atoms with E-state index in [0.29, 0.717) is 6.42 Å². The molecule has 0 bridgehead atoms. The normalized spacial score (nSPS) is 18.2. The van der Waals surface area contributed by atoms with Gasteiger partial charge in [0.1, 0.15) is 0 Å². The molecule has 1 aliphatic heterocycles. The first-order valence-corrected chi connectivity index (χ1v) is 7.31. The van der Waals surface area contributed by atoms with E-state index in [9.17, 15) is 4.79 Å². The van der Waals surface area contributed by atoms with Gasteiger partial charge in [-0.25, -0.2) is 5.84 Å². The van der Waals surface area contributed by atoms with E-state index in [1.54, 1.807) is 0 Å². The van der Waals surface area contributed by atoms with Gasteiger partial charge in [0.2, 0.25) is 5.91 Å². The van der Waals surface area contributed by atoms with Crippen molar-refractivity contribution in [2.45, 2.75) is 32.1 Å². The molecule has 0 aromatic rings. The number of hydrogen-bond acceptors (Lipinski definition) is 5. The number of nitrogens with one attached hydrogen (secondary N) is 1. The Kier molecular flexibility index (Phi) is 8.73. The first-order valence-electron chi connectivity index (χ1n) is 7.31. The quantitative estimate of drug-likeness (QED) is 0.241. The molecule has 1 saturated heterocycles. The number of β-amino-alcohol motifs (C(OH)–C–C–N with tert-alkyl or cyclic N) is 1. The highest BCUT2D eigenvalue weighted by Crippen LogP contribution is 2.06. The van der Waals surface area contributed by atoms with Gasteiger partial charge in [0, 0.05) is 26.1 Å². The number of hydrogen-bond donors (Lipinski definition) is 3. The molecule has 0 unspecified atom stereocenters. The molecule has 0 aromatic heterocycles. The fourth-order valence-electron chi connectivity index (χ4n) is 2.48. The molecule has 1 fully saturated rings. The summed E-state index contributed by atoms with van der Waals surface area (Å²) in [4.78, 5) is 15.8. The summed E-state index contributed by atoms with van der Waals surface area (Å²) in [6, 6.07) is 0. The van der Waals surface area contributed by atoms with Crippen molar-refractivity contribution < 1.29 is 9.90 Å². The highest BCUT2D eigenvalue weighted by Gasteiger charge is 2.13. The van der Waals surface area contributed by atoms with Crippen LogP contribution in [-0.2, 0) is 4.79 Å². The average molecular weight is 272 g/mol. The minimum atomic E-state index is -0.0746. The van der Waals surface area contributed by atoms with Gasteiger partial charge in [0.15, 0.2) is 0 Å². The van der Waals surface area contributed by atoms with E-state index in [1.807, 2.05) is 0 Å². The summed E-state index contributed by atoms with van der Waals surface area (Å²) in [5.41, 5.74) is 2.16. The maximum Gasteiger partial charge on any atom is 0.233 e. The van der Waals surface area contributed by atoms with E-state index >= 15 is 0 Å². The Bertz CT molecular complexity index is 251. The van der Waals surface area contributed by atoms with Crippen molar-refractivity contribution in [3.05, 3.63) is 0 Å². The van der Waals surface area contributed by atoms with E-state index in [2.05, 4.69) is 15.2 Å². The molecular weight excluding hydrogens is 244 g/mol. The standard InChI is InChI=1S/C13H28N4O2/c14-15-13(19)5-2-1-3-6-16-7-4-8-17(10-9-16)11-12-18/h18H,1-12,14H2,(H,15,19). The molecule has 1 heterocycles. The molecule has 0 saturated carbocycles. The van der Waals surface area contributed by atoms with Crippen LogP contribution in [0, 0.1) is 0 Å². The van der Waals surface area contributed by atoms with E-state index in [4.69, 9.17) is 10.9 Å². The third-order valence-corrected chi connectivity index (χ3v) is 3.64. The maximum atomic E-state index is 10.9. The van der Waals surface area contributed by atoms with Crippen LogP contribution < -0.4 is 11.3 Å². The molecule has 6 nitrogen and oxygen atoms in total. The largest absolute Gasteiger partial charge is 0.395 e. The molecule has 6 heteroatoms. The monoisotopic (exact) mass is 272 g/mol. The Morgan fingerprint density at radius 2 is 1.74 bits per heavy atom. The number of aliphatic hydroxyl groups excluding tert-OH is 1. The molecular formula is C13H28N4O2. The number of aliphatic hydroxyl groups is 1. The zero-order valence-corrected chi connectivity index (χ0v) is 11.8. The van der Waals surface area contributed by atoms with Crippen LogP contribution in [-0.4, -0.2) is 66.7 Å². The van der Waals surface area contributed by atoms with E-state index in [1.165, 1.54) is 6.42 Å². The first kappa shape index (κ1) is 16.4. The van der Waals surface area contributed by atoms with E-state index in [0.717, 1.165) is 58.5 Å². The predicted molar refractivity (Wildman–Crippen MR) is 75.4 cm³/mol. The van der Waals surface area contributed by atoms with Gasteiger partial charge in [-0.3, -0.25) is 15.1 Å². The number of carbonyl (C=O) groups excluding carboxylic acids is 1. The van der Waals surface area contributed by atoms with Crippen molar-refractivity contribution in [1.82, 2.24) is 15.2 Å². The van der Waals surface area contributed by atoms with Gasteiger partial charge in [-0.1, -0.05) is 6.42 Å². The van der Waals surface area contributed by atoms with Crippen LogP contribution in [0.4, 0.5) is 0 Å². The predicted octanol–water partition coefficient (Wildman–Crippen LogP) is -0.463. The van der Waals surface area contributed by atoms with Crippen LogP contribution in [0.2, 0.25) is 0 Å². The zero-order chi connectivity index (χ0) is 13.9. The number of unbranched alkanes of at least 4 members (excludes halogenated alkanes) is 2. The molecule has 0 aliphatic carbocycles. The molecule has 1 aliphatic rings. The molecule has 0 aromatic carbocycles. The number of amides is 1. The summed E-state index contributed by atoms with van der Waals surface area (Å²) < 4.78 is 0. The Morgan fingerprint density at radius 3 is 2.37 bits per heavy atom. The second-order valence-corrected chi connectivity index (χ2v) is 5.14.